The zero-order chi connectivity index (χ0) is 17.0. The van der Waals surface area contributed by atoms with E-state index in [2.05, 4.69) is 10.6 Å². The summed E-state index contributed by atoms with van der Waals surface area (Å²) >= 11 is 5.68. The fourth-order valence-electron chi connectivity index (χ4n) is 2.40. The van der Waals surface area contributed by atoms with Crippen molar-refractivity contribution < 1.29 is 22.4 Å². The van der Waals surface area contributed by atoms with Gasteiger partial charge in [-0.2, -0.15) is 13.2 Å². The third-order valence-electron chi connectivity index (χ3n) is 3.60. The fraction of sp³-hybridized carbons (Fsp3) is 0.500. The zero-order valence-corrected chi connectivity index (χ0v) is 14.1. The van der Waals surface area contributed by atoms with Crippen LogP contribution in [0.1, 0.15) is 10.4 Å². The molecule has 2 rings (SSSR count). The predicted octanol–water partition coefficient (Wildman–Crippen LogP) is 2.47. The van der Waals surface area contributed by atoms with Crippen LogP contribution in [-0.2, 0) is 0 Å². The first kappa shape index (κ1) is 21.0. The largest absolute Gasteiger partial charge is 0.405 e. The molecular weight excluding hydrogens is 373 g/mol. The van der Waals surface area contributed by atoms with Gasteiger partial charge in [0.25, 0.3) is 5.91 Å². The smallest absolute Gasteiger partial charge is 0.350 e. The highest BCUT2D eigenvalue weighted by molar-refractivity contribution is 6.31. The number of alkyl halides is 3. The molecule has 4 nitrogen and oxygen atoms in total. The number of carbonyl (C=O) groups excluding carboxylic acids is 1. The van der Waals surface area contributed by atoms with E-state index >= 15 is 0 Å². The third-order valence-corrected chi connectivity index (χ3v) is 3.83. The maximum absolute atomic E-state index is 13.6. The second-order valence-corrected chi connectivity index (χ2v) is 5.61. The summed E-state index contributed by atoms with van der Waals surface area (Å²) in [6, 6.07) is 1.53. The molecule has 0 aliphatic carbocycles. The Kier molecular flexibility index (Phi) is 7.72. The van der Waals surface area contributed by atoms with Gasteiger partial charge in [0, 0.05) is 37.7 Å². The van der Waals surface area contributed by atoms with Crippen molar-refractivity contribution in [3.63, 3.8) is 0 Å². The van der Waals surface area contributed by atoms with Gasteiger partial charge in [0.2, 0.25) is 0 Å². The first-order valence-corrected chi connectivity index (χ1v) is 7.41. The summed E-state index contributed by atoms with van der Waals surface area (Å²) < 4.78 is 53.1. The van der Waals surface area contributed by atoms with Crippen LogP contribution in [0.5, 0.6) is 0 Å². The Hall–Kier alpha value is -1.09. The van der Waals surface area contributed by atoms with Crippen molar-refractivity contribution in [2.24, 2.45) is 0 Å². The first-order valence-electron chi connectivity index (χ1n) is 7.04. The van der Waals surface area contributed by atoms with Gasteiger partial charge in [0.1, 0.15) is 11.9 Å². The highest BCUT2D eigenvalue weighted by atomic mass is 35.5. The third kappa shape index (κ3) is 5.47. The van der Waals surface area contributed by atoms with Crippen LogP contribution in [0.15, 0.2) is 18.2 Å². The van der Waals surface area contributed by atoms with Crippen molar-refractivity contribution in [1.29, 1.82) is 0 Å². The molecule has 1 aliphatic rings. The van der Waals surface area contributed by atoms with E-state index in [1.165, 1.54) is 11.0 Å². The van der Waals surface area contributed by atoms with Crippen LogP contribution in [-0.4, -0.2) is 55.7 Å². The predicted molar refractivity (Wildman–Crippen MR) is 85.3 cm³/mol. The van der Waals surface area contributed by atoms with E-state index < -0.39 is 30.5 Å². The second kappa shape index (κ2) is 8.84. The minimum Gasteiger partial charge on any atom is -0.350 e. The topological polar surface area (TPSA) is 44.4 Å². The van der Waals surface area contributed by atoms with E-state index in [1.54, 1.807) is 0 Å². The molecule has 1 fully saturated rings. The highest BCUT2D eigenvalue weighted by Gasteiger charge is 2.43. The second-order valence-electron chi connectivity index (χ2n) is 5.18. The van der Waals surface area contributed by atoms with E-state index in [-0.39, 0.29) is 36.1 Å². The van der Waals surface area contributed by atoms with Crippen LogP contribution in [0, 0.1) is 5.82 Å². The molecule has 24 heavy (non-hydrogen) atoms. The summed E-state index contributed by atoms with van der Waals surface area (Å²) in [5, 5.41) is 5.25. The van der Waals surface area contributed by atoms with Crippen LogP contribution in [0.25, 0.3) is 0 Å². The standard InChI is InChI=1S/C14H16ClF4N3O.ClH/c15-9-1-2-11(16)10(7-9)13(23)21-8-12(14(17,18)19)22-5-3-20-4-6-22;/h1-2,7,12,20H,3-6,8H2,(H,21,23);1H. The lowest BCUT2D eigenvalue weighted by molar-refractivity contribution is -0.183. The minimum atomic E-state index is -4.49. The van der Waals surface area contributed by atoms with E-state index in [0.717, 1.165) is 12.1 Å². The van der Waals surface area contributed by atoms with Gasteiger partial charge >= 0.3 is 6.18 Å². The van der Waals surface area contributed by atoms with Crippen LogP contribution in [0.4, 0.5) is 17.6 Å². The number of amides is 1. The molecule has 1 heterocycles. The van der Waals surface area contributed by atoms with E-state index in [4.69, 9.17) is 11.6 Å². The molecule has 1 atom stereocenters. The molecule has 0 saturated carbocycles. The van der Waals surface area contributed by atoms with Gasteiger partial charge in [-0.1, -0.05) is 11.6 Å². The van der Waals surface area contributed by atoms with Crippen molar-refractivity contribution in [1.82, 2.24) is 15.5 Å². The summed E-state index contributed by atoms with van der Waals surface area (Å²) in [6.45, 7) is 0.707. The molecule has 1 saturated heterocycles. The number of benzene rings is 1. The summed E-state index contributed by atoms with van der Waals surface area (Å²) in [5.74, 6) is -1.76. The Labute approximate surface area is 147 Å². The quantitative estimate of drug-likeness (QED) is 0.777. The van der Waals surface area contributed by atoms with Crippen molar-refractivity contribution in [3.05, 3.63) is 34.6 Å². The molecular formula is C14H17Cl2F4N3O. The summed E-state index contributed by atoms with van der Waals surface area (Å²) in [5.41, 5.74) is -0.376. The average molecular weight is 390 g/mol. The SMILES string of the molecule is Cl.O=C(NCC(N1CCNCC1)C(F)(F)F)c1cc(Cl)ccc1F. The zero-order valence-electron chi connectivity index (χ0n) is 12.5. The number of carbonyl (C=O) groups is 1. The van der Waals surface area contributed by atoms with Gasteiger partial charge < -0.3 is 10.6 Å². The molecule has 1 aromatic rings. The Morgan fingerprint density at radius 3 is 2.54 bits per heavy atom. The fourth-order valence-corrected chi connectivity index (χ4v) is 2.57. The van der Waals surface area contributed by atoms with Gasteiger partial charge in [-0.3, -0.25) is 9.69 Å². The van der Waals surface area contributed by atoms with Gasteiger partial charge in [-0.15, -0.1) is 12.4 Å². The number of piperazine rings is 1. The number of rotatable bonds is 4. The molecule has 0 aromatic heterocycles. The number of nitrogens with zero attached hydrogens (tertiary/aromatic N) is 1. The van der Waals surface area contributed by atoms with Gasteiger partial charge in [-0.05, 0) is 18.2 Å². The number of hydrogen-bond acceptors (Lipinski definition) is 3. The summed E-state index contributed by atoms with van der Waals surface area (Å²) in [7, 11) is 0. The molecule has 2 N–H and O–H groups in total. The van der Waals surface area contributed by atoms with Gasteiger partial charge in [0.15, 0.2) is 0 Å². The lowest BCUT2D eigenvalue weighted by Crippen LogP contribution is -2.57. The minimum absolute atomic E-state index is 0. The maximum atomic E-state index is 13.6. The van der Waals surface area contributed by atoms with Crippen molar-refractivity contribution >= 4 is 29.9 Å². The highest BCUT2D eigenvalue weighted by Crippen LogP contribution is 2.25. The van der Waals surface area contributed by atoms with Crippen LogP contribution in [0.3, 0.4) is 0 Å². The maximum Gasteiger partial charge on any atom is 0.405 e. The molecule has 1 aliphatic heterocycles. The molecule has 1 aromatic carbocycles. The van der Waals surface area contributed by atoms with E-state index in [1.807, 2.05) is 0 Å². The molecule has 0 bridgehead atoms. The molecule has 136 valence electrons. The molecule has 1 unspecified atom stereocenters. The van der Waals surface area contributed by atoms with Crippen molar-refractivity contribution in [2.45, 2.75) is 12.2 Å². The monoisotopic (exact) mass is 389 g/mol. The molecule has 0 spiro atoms. The molecule has 1 amide bonds. The summed E-state index contributed by atoms with van der Waals surface area (Å²) in [4.78, 5) is 13.2. The average Bonchev–Trinajstić information content (AvgIpc) is 2.49. The normalized spacial score (nSPS) is 17.0. The number of hydrogen-bond donors (Lipinski definition) is 2. The Balaban J connectivity index is 0.00000288. The van der Waals surface area contributed by atoms with Gasteiger partial charge in [0.05, 0.1) is 5.56 Å². The Morgan fingerprint density at radius 1 is 1.33 bits per heavy atom. The van der Waals surface area contributed by atoms with E-state index in [9.17, 15) is 22.4 Å². The van der Waals surface area contributed by atoms with Crippen LogP contribution < -0.4 is 10.6 Å². The summed E-state index contributed by atoms with van der Waals surface area (Å²) in [6.07, 6.45) is -4.49. The molecule has 0 radical (unpaired) electrons. The Bertz CT molecular complexity index is 565. The van der Waals surface area contributed by atoms with Crippen LogP contribution >= 0.6 is 24.0 Å². The lowest BCUT2D eigenvalue weighted by Gasteiger charge is -2.35. The first-order chi connectivity index (χ1) is 10.8. The lowest BCUT2D eigenvalue weighted by atomic mass is 10.1. The van der Waals surface area contributed by atoms with Gasteiger partial charge in [-0.25, -0.2) is 4.39 Å². The number of halogens is 6. The van der Waals surface area contributed by atoms with Crippen molar-refractivity contribution in [3.8, 4) is 0 Å². The Morgan fingerprint density at radius 2 is 1.96 bits per heavy atom. The van der Waals surface area contributed by atoms with Crippen LogP contribution in [0.2, 0.25) is 5.02 Å². The van der Waals surface area contributed by atoms with E-state index in [0.29, 0.717) is 13.1 Å². The molecule has 10 heteroatoms. The van der Waals surface area contributed by atoms with Crippen molar-refractivity contribution in [2.75, 3.05) is 32.7 Å². The number of nitrogens with one attached hydrogen (secondary N) is 2.